The molecule has 1 aromatic carbocycles. The highest BCUT2D eigenvalue weighted by Gasteiger charge is 2.08. The smallest absolute Gasteiger partial charge is 0.135 e. The molecular weight excluding hydrogens is 199 g/mol. The molecule has 14 heavy (non-hydrogen) atoms. The number of thiol groups is 1. The van der Waals surface area contributed by atoms with Gasteiger partial charge in [0, 0.05) is 10.5 Å². The van der Waals surface area contributed by atoms with Crippen LogP contribution in [-0.4, -0.2) is 0 Å². The van der Waals surface area contributed by atoms with Crippen molar-refractivity contribution in [1.82, 2.24) is 0 Å². The van der Waals surface area contributed by atoms with Gasteiger partial charge in [0.05, 0.1) is 6.26 Å². The van der Waals surface area contributed by atoms with Gasteiger partial charge in [-0.2, -0.15) is 0 Å². The Hall–Kier alpha value is -1.22. The highest BCUT2D eigenvalue weighted by molar-refractivity contribution is 7.80. The van der Waals surface area contributed by atoms with Gasteiger partial charge in [0.2, 0.25) is 0 Å². The van der Waals surface area contributed by atoms with E-state index in [0.29, 0.717) is 16.9 Å². The summed E-state index contributed by atoms with van der Waals surface area (Å²) < 4.78 is 18.5. The summed E-state index contributed by atoms with van der Waals surface area (Å²) in [6.45, 7) is 1.71. The molecule has 0 fully saturated rings. The third-order valence-corrected chi connectivity index (χ3v) is 2.43. The van der Waals surface area contributed by atoms with E-state index in [1.54, 1.807) is 31.4 Å². The number of hydrogen-bond acceptors (Lipinski definition) is 2. The van der Waals surface area contributed by atoms with E-state index >= 15 is 0 Å². The second-order valence-electron chi connectivity index (χ2n) is 3.10. The van der Waals surface area contributed by atoms with E-state index in [2.05, 4.69) is 12.6 Å². The Morgan fingerprint density at radius 3 is 2.79 bits per heavy atom. The molecule has 0 unspecified atom stereocenters. The zero-order valence-corrected chi connectivity index (χ0v) is 8.51. The molecule has 0 aliphatic heterocycles. The van der Waals surface area contributed by atoms with Crippen LogP contribution in [0.5, 0.6) is 0 Å². The predicted octanol–water partition coefficient (Wildman–Crippen LogP) is 3.68. The largest absolute Gasteiger partial charge is 0.464 e. The van der Waals surface area contributed by atoms with E-state index < -0.39 is 0 Å². The van der Waals surface area contributed by atoms with Crippen LogP contribution in [0.2, 0.25) is 0 Å². The predicted molar refractivity (Wildman–Crippen MR) is 56.1 cm³/mol. The molecule has 1 aromatic heterocycles. The van der Waals surface area contributed by atoms with Crippen LogP contribution < -0.4 is 0 Å². The summed E-state index contributed by atoms with van der Waals surface area (Å²) in [7, 11) is 0. The Morgan fingerprint density at radius 2 is 2.14 bits per heavy atom. The summed E-state index contributed by atoms with van der Waals surface area (Å²) in [4.78, 5) is 0.721. The van der Waals surface area contributed by atoms with Crippen molar-refractivity contribution in [2.75, 3.05) is 0 Å². The van der Waals surface area contributed by atoms with Crippen LogP contribution in [-0.2, 0) is 0 Å². The van der Waals surface area contributed by atoms with E-state index in [-0.39, 0.29) is 5.82 Å². The summed E-state index contributed by atoms with van der Waals surface area (Å²) in [5, 5.41) is 0. The van der Waals surface area contributed by atoms with Gasteiger partial charge in [0.15, 0.2) is 0 Å². The van der Waals surface area contributed by atoms with Crippen molar-refractivity contribution in [1.29, 1.82) is 0 Å². The minimum atomic E-state index is -0.241. The fourth-order valence-corrected chi connectivity index (χ4v) is 1.66. The summed E-state index contributed by atoms with van der Waals surface area (Å²) in [5.74, 6) is 0.392. The monoisotopic (exact) mass is 208 g/mol. The lowest BCUT2D eigenvalue weighted by Crippen LogP contribution is -1.85. The molecule has 0 spiro atoms. The van der Waals surface area contributed by atoms with E-state index in [4.69, 9.17) is 4.42 Å². The summed E-state index contributed by atoms with van der Waals surface area (Å²) in [5.41, 5.74) is 1.27. The molecule has 2 aromatic rings. The first kappa shape index (κ1) is 9.34. The average Bonchev–Trinajstić information content (AvgIpc) is 2.64. The maximum Gasteiger partial charge on any atom is 0.135 e. The maximum absolute atomic E-state index is 13.3. The molecule has 0 amide bonds. The molecule has 1 nitrogen and oxygen atoms in total. The molecule has 0 atom stereocenters. The third-order valence-electron chi connectivity index (χ3n) is 2.06. The average molecular weight is 208 g/mol. The van der Waals surface area contributed by atoms with Crippen LogP contribution in [0.3, 0.4) is 0 Å². The molecule has 0 N–H and O–H groups in total. The quantitative estimate of drug-likeness (QED) is 0.705. The number of aryl methyl sites for hydroxylation is 1. The molecule has 2 rings (SSSR count). The normalized spacial score (nSPS) is 10.5. The van der Waals surface area contributed by atoms with Crippen LogP contribution in [0.4, 0.5) is 4.39 Å². The van der Waals surface area contributed by atoms with Gasteiger partial charge >= 0.3 is 0 Å². The van der Waals surface area contributed by atoms with Gasteiger partial charge in [-0.15, -0.1) is 12.6 Å². The minimum Gasteiger partial charge on any atom is -0.464 e. The summed E-state index contributed by atoms with van der Waals surface area (Å²) in [6, 6.07) is 6.68. The Kier molecular flexibility index (Phi) is 2.33. The Labute approximate surface area is 87.0 Å². The van der Waals surface area contributed by atoms with Crippen LogP contribution in [0, 0.1) is 12.7 Å². The van der Waals surface area contributed by atoms with Crippen molar-refractivity contribution >= 4 is 12.6 Å². The Balaban J connectivity index is 2.60. The molecular formula is C11H9FOS. The summed E-state index contributed by atoms with van der Waals surface area (Å²) in [6.07, 6.45) is 1.56. The molecule has 0 bridgehead atoms. The van der Waals surface area contributed by atoms with Crippen molar-refractivity contribution in [3.05, 3.63) is 41.9 Å². The number of hydrogen-bond donors (Lipinski definition) is 1. The van der Waals surface area contributed by atoms with Crippen molar-refractivity contribution in [3.8, 4) is 11.3 Å². The van der Waals surface area contributed by atoms with Crippen molar-refractivity contribution in [3.63, 3.8) is 0 Å². The van der Waals surface area contributed by atoms with Gasteiger partial charge in [-0.1, -0.05) is 0 Å². The Bertz CT molecular complexity index is 449. The lowest BCUT2D eigenvalue weighted by molar-refractivity contribution is 0.577. The number of halogens is 1. The molecule has 3 heteroatoms. The lowest BCUT2D eigenvalue weighted by Gasteiger charge is -2.04. The molecule has 0 saturated heterocycles. The number of rotatable bonds is 1. The highest BCUT2D eigenvalue weighted by atomic mass is 32.1. The van der Waals surface area contributed by atoms with Gasteiger partial charge in [-0.3, -0.25) is 0 Å². The fourth-order valence-electron chi connectivity index (χ4n) is 1.30. The number of benzene rings is 1. The second-order valence-corrected chi connectivity index (χ2v) is 3.58. The lowest BCUT2D eigenvalue weighted by atomic mass is 10.1. The van der Waals surface area contributed by atoms with Crippen LogP contribution in [0.25, 0.3) is 11.3 Å². The molecule has 1 heterocycles. The van der Waals surface area contributed by atoms with Gasteiger partial charge < -0.3 is 4.42 Å². The molecule has 72 valence electrons. The van der Waals surface area contributed by atoms with Crippen LogP contribution >= 0.6 is 12.6 Å². The van der Waals surface area contributed by atoms with Crippen LogP contribution in [0.1, 0.15) is 5.56 Å². The molecule has 0 aliphatic rings. The first-order valence-corrected chi connectivity index (χ1v) is 4.66. The van der Waals surface area contributed by atoms with Gasteiger partial charge in [0.25, 0.3) is 0 Å². The third kappa shape index (κ3) is 1.55. The first-order valence-electron chi connectivity index (χ1n) is 4.21. The standard InChI is InChI=1S/C11H9FOS/c1-7-5-11(14)8(6-9(7)12)10-3-2-4-13-10/h2-6,14H,1H3. The molecule has 0 radical (unpaired) electrons. The van der Waals surface area contributed by atoms with Gasteiger partial charge in [0.1, 0.15) is 11.6 Å². The topological polar surface area (TPSA) is 13.1 Å². The van der Waals surface area contributed by atoms with Crippen molar-refractivity contribution in [2.24, 2.45) is 0 Å². The van der Waals surface area contributed by atoms with Crippen molar-refractivity contribution < 1.29 is 8.81 Å². The maximum atomic E-state index is 13.3. The number of furan rings is 1. The SMILES string of the molecule is Cc1cc(S)c(-c2ccco2)cc1F. The van der Waals surface area contributed by atoms with Crippen LogP contribution in [0.15, 0.2) is 39.8 Å². The summed E-state index contributed by atoms with van der Waals surface area (Å²) >= 11 is 4.27. The Morgan fingerprint density at radius 1 is 1.36 bits per heavy atom. The zero-order valence-electron chi connectivity index (χ0n) is 7.62. The minimum absolute atomic E-state index is 0.241. The highest BCUT2D eigenvalue weighted by Crippen LogP contribution is 2.29. The van der Waals surface area contributed by atoms with E-state index in [0.717, 1.165) is 4.90 Å². The first-order chi connectivity index (χ1) is 6.68. The van der Waals surface area contributed by atoms with Gasteiger partial charge in [-0.05, 0) is 36.8 Å². The molecule has 0 aliphatic carbocycles. The van der Waals surface area contributed by atoms with E-state index in [9.17, 15) is 4.39 Å². The van der Waals surface area contributed by atoms with Crippen molar-refractivity contribution in [2.45, 2.75) is 11.8 Å². The second kappa shape index (κ2) is 3.50. The van der Waals surface area contributed by atoms with Gasteiger partial charge in [-0.25, -0.2) is 4.39 Å². The molecule has 0 saturated carbocycles. The fraction of sp³-hybridized carbons (Fsp3) is 0.0909. The zero-order chi connectivity index (χ0) is 10.1. The van der Waals surface area contributed by atoms with E-state index in [1.165, 1.54) is 6.07 Å². The van der Waals surface area contributed by atoms with E-state index in [1.807, 2.05) is 0 Å².